The Morgan fingerprint density at radius 3 is 2.67 bits per heavy atom. The molecule has 0 aliphatic carbocycles. The maximum Gasteiger partial charge on any atom is 0.216 e. The maximum atomic E-state index is 12.4. The molecule has 2 rings (SSSR count). The van der Waals surface area contributed by atoms with Crippen LogP contribution in [-0.4, -0.2) is 45.3 Å². The van der Waals surface area contributed by atoms with E-state index in [0.29, 0.717) is 36.1 Å². The second-order valence-electron chi connectivity index (χ2n) is 5.43. The van der Waals surface area contributed by atoms with E-state index in [-0.39, 0.29) is 5.92 Å². The van der Waals surface area contributed by atoms with Crippen LogP contribution in [0.2, 0.25) is 10.0 Å². The Balaban J connectivity index is 2.23. The van der Waals surface area contributed by atoms with Gasteiger partial charge in [-0.3, -0.25) is 0 Å². The molecular formula is C14H19Cl2NO3S. The number of nitrogens with zero attached hydrogens (tertiary/aromatic N) is 1. The summed E-state index contributed by atoms with van der Waals surface area (Å²) in [6, 6.07) is 5.29. The Bertz CT molecular complexity index is 604. The molecule has 2 atom stereocenters. The van der Waals surface area contributed by atoms with Gasteiger partial charge in [-0.1, -0.05) is 29.3 Å². The van der Waals surface area contributed by atoms with Crippen LogP contribution >= 0.6 is 23.2 Å². The third-order valence-electron chi connectivity index (χ3n) is 3.79. The monoisotopic (exact) mass is 351 g/mol. The molecule has 0 radical (unpaired) electrons. The maximum absolute atomic E-state index is 12.4. The van der Waals surface area contributed by atoms with Gasteiger partial charge in [0.1, 0.15) is 0 Å². The average molecular weight is 352 g/mol. The van der Waals surface area contributed by atoms with E-state index >= 15 is 0 Å². The molecule has 1 aliphatic rings. The number of halogens is 2. The van der Waals surface area contributed by atoms with E-state index in [2.05, 4.69) is 0 Å². The van der Waals surface area contributed by atoms with Gasteiger partial charge in [-0.15, -0.1) is 0 Å². The summed E-state index contributed by atoms with van der Waals surface area (Å²) >= 11 is 12.1. The Morgan fingerprint density at radius 2 is 2.05 bits per heavy atom. The van der Waals surface area contributed by atoms with Crippen LogP contribution in [0.25, 0.3) is 0 Å². The summed E-state index contributed by atoms with van der Waals surface area (Å²) in [7, 11) is -0.173. The predicted octanol–water partition coefficient (Wildman–Crippen LogP) is 2.83. The van der Waals surface area contributed by atoms with Gasteiger partial charge < -0.3 is 4.74 Å². The van der Waals surface area contributed by atoms with Gasteiger partial charge in [0.25, 0.3) is 0 Å². The summed E-state index contributed by atoms with van der Waals surface area (Å²) < 4.78 is 31.6. The summed E-state index contributed by atoms with van der Waals surface area (Å²) in [6.45, 7) is 0.902. The van der Waals surface area contributed by atoms with Gasteiger partial charge in [0, 0.05) is 36.7 Å². The SMILES string of the molecule is CN(C)S(=O)(=O)[C@H]1CCOC[C@@H]1Cc1ccc(Cl)cc1Cl. The molecule has 0 amide bonds. The number of sulfonamides is 1. The lowest BCUT2D eigenvalue weighted by Gasteiger charge is -2.33. The molecule has 118 valence electrons. The number of hydrogen-bond acceptors (Lipinski definition) is 3. The Morgan fingerprint density at radius 1 is 1.33 bits per heavy atom. The van der Waals surface area contributed by atoms with Crippen molar-refractivity contribution >= 4 is 33.2 Å². The topological polar surface area (TPSA) is 46.6 Å². The molecule has 0 bridgehead atoms. The molecule has 0 spiro atoms. The van der Waals surface area contributed by atoms with Crippen LogP contribution < -0.4 is 0 Å². The van der Waals surface area contributed by atoms with Crippen molar-refractivity contribution in [3.8, 4) is 0 Å². The van der Waals surface area contributed by atoms with Crippen molar-refractivity contribution in [2.75, 3.05) is 27.3 Å². The number of rotatable bonds is 4. The van der Waals surface area contributed by atoms with Crippen LogP contribution in [0.1, 0.15) is 12.0 Å². The lowest BCUT2D eigenvalue weighted by atomic mass is 9.93. The second-order valence-corrected chi connectivity index (χ2v) is 8.64. The molecule has 4 nitrogen and oxygen atoms in total. The molecule has 21 heavy (non-hydrogen) atoms. The van der Waals surface area contributed by atoms with E-state index in [4.69, 9.17) is 27.9 Å². The molecule has 1 fully saturated rings. The first-order valence-electron chi connectivity index (χ1n) is 6.75. The zero-order valence-electron chi connectivity index (χ0n) is 12.1. The minimum Gasteiger partial charge on any atom is -0.381 e. The highest BCUT2D eigenvalue weighted by atomic mass is 35.5. The van der Waals surface area contributed by atoms with Gasteiger partial charge in [0.2, 0.25) is 10.0 Å². The van der Waals surface area contributed by atoms with Gasteiger partial charge in [-0.05, 0) is 30.5 Å². The van der Waals surface area contributed by atoms with Crippen molar-refractivity contribution in [3.05, 3.63) is 33.8 Å². The van der Waals surface area contributed by atoms with Crippen molar-refractivity contribution < 1.29 is 13.2 Å². The van der Waals surface area contributed by atoms with Gasteiger partial charge in [0.05, 0.1) is 11.9 Å². The van der Waals surface area contributed by atoms with E-state index in [9.17, 15) is 8.42 Å². The van der Waals surface area contributed by atoms with Crippen molar-refractivity contribution in [3.63, 3.8) is 0 Å². The first-order chi connectivity index (χ1) is 9.82. The minimum absolute atomic E-state index is 0.107. The Labute approximate surface area is 136 Å². The van der Waals surface area contributed by atoms with Crippen LogP contribution in [0.15, 0.2) is 18.2 Å². The highest BCUT2D eigenvalue weighted by molar-refractivity contribution is 7.89. The quantitative estimate of drug-likeness (QED) is 0.837. The fourth-order valence-corrected chi connectivity index (χ4v) is 4.68. The molecule has 1 saturated heterocycles. The molecule has 1 heterocycles. The van der Waals surface area contributed by atoms with E-state index in [1.807, 2.05) is 6.07 Å². The standard InChI is InChI=1S/C14H19Cl2NO3S/c1-17(2)21(18,19)14-5-6-20-9-11(14)7-10-3-4-12(15)8-13(10)16/h3-4,8,11,14H,5-7,9H2,1-2H3/t11-,14-/m0/s1. The summed E-state index contributed by atoms with van der Waals surface area (Å²) in [6.07, 6.45) is 1.07. The van der Waals surface area contributed by atoms with Crippen molar-refractivity contribution in [2.24, 2.45) is 5.92 Å². The Kier molecular flexibility index (Phi) is 5.54. The average Bonchev–Trinajstić information content (AvgIpc) is 2.42. The van der Waals surface area contributed by atoms with Crippen molar-refractivity contribution in [1.29, 1.82) is 0 Å². The lowest BCUT2D eigenvalue weighted by molar-refractivity contribution is 0.0563. The molecular weight excluding hydrogens is 333 g/mol. The van der Waals surface area contributed by atoms with Crippen LogP contribution in [0.4, 0.5) is 0 Å². The van der Waals surface area contributed by atoms with Gasteiger partial charge >= 0.3 is 0 Å². The summed E-state index contributed by atoms with van der Waals surface area (Å²) in [5.74, 6) is -0.107. The largest absolute Gasteiger partial charge is 0.381 e. The normalized spacial score (nSPS) is 23.5. The van der Waals surface area contributed by atoms with Crippen LogP contribution in [0, 0.1) is 5.92 Å². The number of ether oxygens (including phenoxy) is 1. The highest BCUT2D eigenvalue weighted by Gasteiger charge is 2.37. The number of hydrogen-bond donors (Lipinski definition) is 0. The highest BCUT2D eigenvalue weighted by Crippen LogP contribution is 2.30. The third-order valence-corrected chi connectivity index (χ3v) is 6.78. The molecule has 0 unspecified atom stereocenters. The third kappa shape index (κ3) is 3.90. The first-order valence-corrected chi connectivity index (χ1v) is 9.01. The van der Waals surface area contributed by atoms with Crippen molar-refractivity contribution in [2.45, 2.75) is 18.1 Å². The van der Waals surface area contributed by atoms with E-state index in [0.717, 1.165) is 5.56 Å². The van der Waals surface area contributed by atoms with Crippen LogP contribution in [0.5, 0.6) is 0 Å². The summed E-state index contributed by atoms with van der Waals surface area (Å²) in [4.78, 5) is 0. The fraction of sp³-hybridized carbons (Fsp3) is 0.571. The number of benzene rings is 1. The lowest BCUT2D eigenvalue weighted by Crippen LogP contribution is -2.44. The fourth-order valence-electron chi connectivity index (χ4n) is 2.60. The zero-order chi connectivity index (χ0) is 15.6. The predicted molar refractivity (Wildman–Crippen MR) is 85.5 cm³/mol. The minimum atomic E-state index is -3.31. The molecule has 1 aliphatic heterocycles. The molecule has 7 heteroatoms. The first kappa shape index (κ1) is 17.0. The molecule has 0 saturated carbocycles. The molecule has 0 N–H and O–H groups in total. The Hall–Kier alpha value is -0.330. The van der Waals surface area contributed by atoms with Crippen LogP contribution in [-0.2, 0) is 21.2 Å². The van der Waals surface area contributed by atoms with E-state index in [1.165, 1.54) is 4.31 Å². The van der Waals surface area contributed by atoms with Crippen molar-refractivity contribution in [1.82, 2.24) is 4.31 Å². The summed E-state index contributed by atoms with van der Waals surface area (Å²) in [5, 5.41) is 0.697. The zero-order valence-corrected chi connectivity index (χ0v) is 14.4. The molecule has 0 aromatic heterocycles. The van der Waals surface area contributed by atoms with Gasteiger partial charge in [0.15, 0.2) is 0 Å². The molecule has 1 aromatic carbocycles. The van der Waals surface area contributed by atoms with Crippen LogP contribution in [0.3, 0.4) is 0 Å². The second kappa shape index (κ2) is 6.84. The van der Waals surface area contributed by atoms with E-state index in [1.54, 1.807) is 26.2 Å². The summed E-state index contributed by atoms with van der Waals surface area (Å²) in [5.41, 5.74) is 0.899. The van der Waals surface area contributed by atoms with E-state index < -0.39 is 15.3 Å². The smallest absolute Gasteiger partial charge is 0.216 e. The van der Waals surface area contributed by atoms with Gasteiger partial charge in [-0.2, -0.15) is 0 Å². The molecule has 1 aromatic rings. The van der Waals surface area contributed by atoms with Gasteiger partial charge in [-0.25, -0.2) is 12.7 Å².